The molecule has 28 heavy (non-hydrogen) atoms. The van der Waals surface area contributed by atoms with Crippen LogP contribution in [-0.4, -0.2) is 6.61 Å². The van der Waals surface area contributed by atoms with Crippen LogP contribution >= 0.6 is 0 Å². The fraction of sp³-hybridized carbons (Fsp3) is 0.217. The summed E-state index contributed by atoms with van der Waals surface area (Å²) in [5.74, 6) is -1.39. The Morgan fingerprint density at radius 3 is 2.00 bits per heavy atom. The smallest absolute Gasteiger partial charge is 0.165 e. The highest BCUT2D eigenvalue weighted by atomic mass is 19.2. The maximum atomic E-state index is 14.1. The second-order valence-electron chi connectivity index (χ2n) is 6.26. The largest absolute Gasteiger partial charge is 0.491 e. The van der Waals surface area contributed by atoms with E-state index >= 15 is 0 Å². The highest BCUT2D eigenvalue weighted by Crippen LogP contribution is 2.27. The lowest BCUT2D eigenvalue weighted by molar-refractivity contribution is 0.297. The molecule has 0 bridgehead atoms. The van der Waals surface area contributed by atoms with Crippen molar-refractivity contribution < 1.29 is 22.6 Å². The topological polar surface area (TPSA) is 18.5 Å². The third kappa shape index (κ3) is 4.30. The van der Waals surface area contributed by atoms with Crippen LogP contribution in [0.15, 0.2) is 54.6 Å². The lowest BCUT2D eigenvalue weighted by Crippen LogP contribution is -2.03. The van der Waals surface area contributed by atoms with Gasteiger partial charge in [-0.3, -0.25) is 0 Å². The third-order valence-electron chi connectivity index (χ3n) is 4.44. The van der Waals surface area contributed by atoms with Crippen molar-refractivity contribution in [1.29, 1.82) is 0 Å². The van der Waals surface area contributed by atoms with E-state index < -0.39 is 17.5 Å². The van der Waals surface area contributed by atoms with Gasteiger partial charge in [0.05, 0.1) is 6.61 Å². The first-order valence-electron chi connectivity index (χ1n) is 9.14. The summed E-state index contributed by atoms with van der Waals surface area (Å²) < 4.78 is 52.7. The molecular weight excluding hydrogens is 365 g/mol. The van der Waals surface area contributed by atoms with E-state index in [1.807, 2.05) is 0 Å². The monoisotopic (exact) mass is 386 g/mol. The second-order valence-corrected chi connectivity index (χ2v) is 6.26. The molecule has 0 atom stereocenters. The molecule has 2 nitrogen and oxygen atoms in total. The summed E-state index contributed by atoms with van der Waals surface area (Å²) in [5, 5.41) is 0. The summed E-state index contributed by atoms with van der Waals surface area (Å²) in [7, 11) is 0. The summed E-state index contributed by atoms with van der Waals surface area (Å²) in [6, 6.07) is 14.9. The zero-order valence-corrected chi connectivity index (χ0v) is 15.8. The Bertz CT molecular complexity index is 953. The summed E-state index contributed by atoms with van der Waals surface area (Å²) >= 11 is 0. The third-order valence-corrected chi connectivity index (χ3v) is 4.44. The number of aryl methyl sites for hydroxylation is 1. The van der Waals surface area contributed by atoms with Crippen molar-refractivity contribution in [2.45, 2.75) is 26.9 Å². The van der Waals surface area contributed by atoms with Crippen molar-refractivity contribution >= 4 is 0 Å². The van der Waals surface area contributed by atoms with Crippen molar-refractivity contribution in [3.05, 3.63) is 83.2 Å². The van der Waals surface area contributed by atoms with Gasteiger partial charge in [-0.1, -0.05) is 37.3 Å². The quantitative estimate of drug-likeness (QED) is 0.474. The van der Waals surface area contributed by atoms with Crippen molar-refractivity contribution in [2.75, 3.05) is 6.61 Å². The predicted octanol–water partition coefficient (Wildman–Crippen LogP) is 6.31. The molecule has 3 aromatic carbocycles. The SMILES string of the molecule is CCOc1ccc(-c2ccc(OCc3ccc(CC)c(F)c3F)cc2)cc1F. The minimum absolute atomic E-state index is 0.0796. The Balaban J connectivity index is 1.70. The van der Waals surface area contributed by atoms with Crippen LogP contribution in [-0.2, 0) is 13.0 Å². The van der Waals surface area contributed by atoms with Gasteiger partial charge < -0.3 is 9.47 Å². The zero-order valence-electron chi connectivity index (χ0n) is 15.8. The van der Waals surface area contributed by atoms with Gasteiger partial charge in [-0.2, -0.15) is 0 Å². The van der Waals surface area contributed by atoms with Gasteiger partial charge in [0.2, 0.25) is 0 Å². The van der Waals surface area contributed by atoms with Gasteiger partial charge in [0.25, 0.3) is 0 Å². The van der Waals surface area contributed by atoms with Gasteiger partial charge in [-0.25, -0.2) is 13.2 Å². The summed E-state index contributed by atoms with van der Waals surface area (Å²) in [6.45, 7) is 3.88. The Hall–Kier alpha value is -2.95. The molecule has 0 unspecified atom stereocenters. The standard InChI is InChI=1S/C23H21F3O2/c1-3-15-5-6-18(23(26)22(15)25)14-28-19-10-7-16(8-11-19)17-9-12-21(27-4-2)20(24)13-17/h5-13H,3-4,14H2,1-2H3. The molecule has 0 amide bonds. The minimum Gasteiger partial charge on any atom is -0.491 e. The number of hydrogen-bond acceptors (Lipinski definition) is 2. The number of ether oxygens (including phenoxy) is 2. The van der Waals surface area contributed by atoms with E-state index in [0.717, 1.165) is 5.56 Å². The first kappa shape index (κ1) is 19.8. The van der Waals surface area contributed by atoms with Gasteiger partial charge in [0.1, 0.15) is 12.4 Å². The highest BCUT2D eigenvalue weighted by molar-refractivity contribution is 5.65. The first-order valence-corrected chi connectivity index (χ1v) is 9.14. The molecule has 0 saturated heterocycles. The van der Waals surface area contributed by atoms with E-state index in [2.05, 4.69) is 0 Å². The van der Waals surface area contributed by atoms with E-state index in [0.29, 0.717) is 29.9 Å². The molecular formula is C23H21F3O2. The molecule has 0 fully saturated rings. The molecule has 0 aliphatic carbocycles. The van der Waals surface area contributed by atoms with Crippen LogP contribution in [0.4, 0.5) is 13.2 Å². The lowest BCUT2D eigenvalue weighted by atomic mass is 10.1. The van der Waals surface area contributed by atoms with Gasteiger partial charge in [0, 0.05) is 5.56 Å². The molecule has 0 aromatic heterocycles. The number of benzene rings is 3. The van der Waals surface area contributed by atoms with Crippen LogP contribution < -0.4 is 9.47 Å². The van der Waals surface area contributed by atoms with E-state index in [4.69, 9.17) is 9.47 Å². The van der Waals surface area contributed by atoms with Crippen molar-refractivity contribution in [3.63, 3.8) is 0 Å². The minimum atomic E-state index is -0.874. The Labute approximate surface area is 162 Å². The molecule has 0 heterocycles. The second kappa shape index (κ2) is 8.83. The van der Waals surface area contributed by atoms with Crippen LogP contribution in [0.5, 0.6) is 11.5 Å². The molecule has 5 heteroatoms. The van der Waals surface area contributed by atoms with Gasteiger partial charge in [-0.15, -0.1) is 0 Å². The van der Waals surface area contributed by atoms with Crippen LogP contribution in [0, 0.1) is 17.5 Å². The van der Waals surface area contributed by atoms with E-state index in [-0.39, 0.29) is 17.9 Å². The molecule has 0 aliphatic rings. The Morgan fingerprint density at radius 1 is 0.714 bits per heavy atom. The van der Waals surface area contributed by atoms with Crippen molar-refractivity contribution in [1.82, 2.24) is 0 Å². The molecule has 3 aromatic rings. The Morgan fingerprint density at radius 2 is 1.36 bits per heavy atom. The maximum Gasteiger partial charge on any atom is 0.165 e. The summed E-state index contributed by atoms with van der Waals surface area (Å²) in [6.07, 6.45) is 0.428. The first-order chi connectivity index (χ1) is 13.5. The van der Waals surface area contributed by atoms with E-state index in [1.165, 1.54) is 12.1 Å². The highest BCUT2D eigenvalue weighted by Gasteiger charge is 2.13. The van der Waals surface area contributed by atoms with Crippen molar-refractivity contribution in [2.24, 2.45) is 0 Å². The van der Waals surface area contributed by atoms with Crippen LogP contribution in [0.1, 0.15) is 25.0 Å². The molecule has 0 saturated carbocycles. The van der Waals surface area contributed by atoms with E-state index in [1.54, 1.807) is 56.3 Å². The van der Waals surface area contributed by atoms with Gasteiger partial charge >= 0.3 is 0 Å². The predicted molar refractivity (Wildman–Crippen MR) is 103 cm³/mol. The number of halogens is 3. The normalized spacial score (nSPS) is 10.8. The summed E-state index contributed by atoms with van der Waals surface area (Å²) in [5.41, 5.74) is 2.01. The molecule has 0 aliphatic heterocycles. The van der Waals surface area contributed by atoms with Gasteiger partial charge in [0.15, 0.2) is 23.2 Å². The fourth-order valence-corrected chi connectivity index (χ4v) is 2.87. The molecule has 0 N–H and O–H groups in total. The van der Waals surface area contributed by atoms with Crippen molar-refractivity contribution in [3.8, 4) is 22.6 Å². The maximum absolute atomic E-state index is 14.1. The average molecular weight is 386 g/mol. The zero-order chi connectivity index (χ0) is 20.1. The molecule has 146 valence electrons. The Kier molecular flexibility index (Phi) is 6.24. The molecule has 0 spiro atoms. The molecule has 3 rings (SSSR count). The van der Waals surface area contributed by atoms with Crippen LogP contribution in [0.2, 0.25) is 0 Å². The average Bonchev–Trinajstić information content (AvgIpc) is 2.71. The van der Waals surface area contributed by atoms with Crippen LogP contribution in [0.3, 0.4) is 0 Å². The van der Waals surface area contributed by atoms with Gasteiger partial charge in [-0.05, 0) is 54.3 Å². The summed E-state index contributed by atoms with van der Waals surface area (Å²) in [4.78, 5) is 0. The fourth-order valence-electron chi connectivity index (χ4n) is 2.87. The molecule has 0 radical (unpaired) electrons. The van der Waals surface area contributed by atoms with Crippen LogP contribution in [0.25, 0.3) is 11.1 Å². The number of rotatable bonds is 7. The van der Waals surface area contributed by atoms with E-state index in [9.17, 15) is 13.2 Å². The number of hydrogen-bond donors (Lipinski definition) is 0. The lowest BCUT2D eigenvalue weighted by Gasteiger charge is -2.11.